The topological polar surface area (TPSA) is 86.7 Å². The first-order chi connectivity index (χ1) is 11.4. The van der Waals surface area contributed by atoms with Crippen LogP contribution in [0.3, 0.4) is 0 Å². The van der Waals surface area contributed by atoms with E-state index in [4.69, 9.17) is 4.74 Å². The molecule has 0 fully saturated rings. The highest BCUT2D eigenvalue weighted by Crippen LogP contribution is 2.32. The first-order valence-electron chi connectivity index (χ1n) is 7.37. The molecule has 128 valence electrons. The van der Waals surface area contributed by atoms with Crippen LogP contribution in [-0.2, 0) is 14.8 Å². The van der Waals surface area contributed by atoms with Crippen LogP contribution in [0.4, 0.5) is 5.69 Å². The SMILES string of the molecule is CCOc1ccccc1N(CC(=O)[O-])S(=O)(=O)c1ccc(C)cc1. The summed E-state index contributed by atoms with van der Waals surface area (Å²) in [5, 5.41) is 11.1. The van der Waals surface area contributed by atoms with Crippen LogP contribution in [0.1, 0.15) is 12.5 Å². The van der Waals surface area contributed by atoms with Crippen LogP contribution in [0.15, 0.2) is 53.4 Å². The minimum atomic E-state index is -4.07. The number of carbonyl (C=O) groups is 1. The Morgan fingerprint density at radius 1 is 1.12 bits per heavy atom. The minimum absolute atomic E-state index is 0.000603. The number of ether oxygens (including phenoxy) is 1. The molecular weight excluding hydrogens is 330 g/mol. The van der Waals surface area contributed by atoms with Crippen molar-refractivity contribution in [3.63, 3.8) is 0 Å². The van der Waals surface area contributed by atoms with E-state index in [0.29, 0.717) is 6.61 Å². The number of hydrogen-bond acceptors (Lipinski definition) is 5. The van der Waals surface area contributed by atoms with Crippen LogP contribution in [0.5, 0.6) is 5.75 Å². The number of carbonyl (C=O) groups excluding carboxylic acids is 1. The van der Waals surface area contributed by atoms with E-state index in [-0.39, 0.29) is 16.3 Å². The Morgan fingerprint density at radius 3 is 2.33 bits per heavy atom. The molecule has 0 heterocycles. The number of carboxylic acid groups (broad SMARTS) is 1. The zero-order valence-electron chi connectivity index (χ0n) is 13.4. The van der Waals surface area contributed by atoms with Crippen LogP contribution in [0.25, 0.3) is 0 Å². The molecule has 0 unspecified atom stereocenters. The van der Waals surface area contributed by atoms with E-state index in [0.717, 1.165) is 9.87 Å². The third-order valence-electron chi connectivity index (χ3n) is 3.32. The predicted octanol–water partition coefficient (Wildman–Crippen LogP) is 1.34. The third kappa shape index (κ3) is 3.86. The van der Waals surface area contributed by atoms with Crippen LogP contribution in [0, 0.1) is 6.92 Å². The lowest BCUT2D eigenvalue weighted by Gasteiger charge is -2.26. The van der Waals surface area contributed by atoms with E-state index in [1.807, 2.05) is 6.92 Å². The number of rotatable bonds is 7. The molecule has 0 spiro atoms. The van der Waals surface area contributed by atoms with Crippen molar-refractivity contribution in [2.75, 3.05) is 17.5 Å². The first kappa shape index (κ1) is 17.8. The number of nitrogens with zero attached hydrogens (tertiary/aromatic N) is 1. The second-order valence-corrected chi connectivity index (χ2v) is 6.96. The van der Waals surface area contributed by atoms with E-state index in [1.165, 1.54) is 18.2 Å². The van der Waals surface area contributed by atoms with Crippen molar-refractivity contribution < 1.29 is 23.1 Å². The number of aliphatic carboxylic acids is 1. The smallest absolute Gasteiger partial charge is 0.264 e. The summed E-state index contributed by atoms with van der Waals surface area (Å²) in [6.45, 7) is 3.11. The van der Waals surface area contributed by atoms with Gasteiger partial charge >= 0.3 is 0 Å². The fraction of sp³-hybridized carbons (Fsp3) is 0.235. The van der Waals surface area contributed by atoms with E-state index in [9.17, 15) is 18.3 Å². The van der Waals surface area contributed by atoms with Gasteiger partial charge in [0, 0.05) is 0 Å². The lowest BCUT2D eigenvalue weighted by molar-refractivity contribution is -0.303. The fourth-order valence-corrected chi connectivity index (χ4v) is 3.61. The fourth-order valence-electron chi connectivity index (χ4n) is 2.20. The zero-order chi connectivity index (χ0) is 17.7. The van der Waals surface area contributed by atoms with Gasteiger partial charge in [0.2, 0.25) is 0 Å². The van der Waals surface area contributed by atoms with Crippen molar-refractivity contribution in [1.29, 1.82) is 0 Å². The molecule has 0 aliphatic rings. The van der Waals surface area contributed by atoms with Crippen molar-refractivity contribution in [3.8, 4) is 5.75 Å². The van der Waals surface area contributed by atoms with Gasteiger partial charge in [-0.15, -0.1) is 0 Å². The molecule has 0 saturated carbocycles. The molecule has 24 heavy (non-hydrogen) atoms. The zero-order valence-corrected chi connectivity index (χ0v) is 14.2. The third-order valence-corrected chi connectivity index (χ3v) is 5.09. The van der Waals surface area contributed by atoms with Crippen molar-refractivity contribution in [2.45, 2.75) is 18.7 Å². The van der Waals surface area contributed by atoms with Gasteiger partial charge in [0.05, 0.1) is 29.7 Å². The predicted molar refractivity (Wildman–Crippen MR) is 88.3 cm³/mol. The molecule has 0 aromatic heterocycles. The van der Waals surface area contributed by atoms with E-state index in [1.54, 1.807) is 37.3 Å². The van der Waals surface area contributed by atoms with E-state index < -0.39 is 22.5 Å². The van der Waals surface area contributed by atoms with Gasteiger partial charge in [-0.25, -0.2) is 8.42 Å². The number of para-hydroxylation sites is 2. The average Bonchev–Trinajstić information content (AvgIpc) is 2.54. The summed E-state index contributed by atoms with van der Waals surface area (Å²) in [6.07, 6.45) is 0. The summed E-state index contributed by atoms with van der Waals surface area (Å²) in [5.41, 5.74) is 1.05. The van der Waals surface area contributed by atoms with Gasteiger partial charge < -0.3 is 14.6 Å². The Bertz CT molecular complexity index is 815. The number of carboxylic acids is 1. The Kier molecular flexibility index (Phi) is 5.46. The number of aryl methyl sites for hydroxylation is 1. The Morgan fingerprint density at radius 2 is 1.75 bits per heavy atom. The number of benzene rings is 2. The molecule has 2 aromatic carbocycles. The lowest BCUT2D eigenvalue weighted by atomic mass is 10.2. The van der Waals surface area contributed by atoms with Gasteiger partial charge in [-0.1, -0.05) is 29.8 Å². The largest absolute Gasteiger partial charge is 0.548 e. The molecule has 0 aliphatic carbocycles. The van der Waals surface area contributed by atoms with Crippen molar-refractivity contribution in [1.82, 2.24) is 0 Å². The maximum atomic E-state index is 12.9. The second kappa shape index (κ2) is 7.35. The Labute approximate surface area is 141 Å². The molecule has 2 rings (SSSR count). The van der Waals surface area contributed by atoms with E-state index >= 15 is 0 Å². The van der Waals surface area contributed by atoms with Gasteiger partial charge in [0.1, 0.15) is 5.75 Å². The van der Waals surface area contributed by atoms with Gasteiger partial charge in [0.25, 0.3) is 10.0 Å². The molecule has 0 N–H and O–H groups in total. The molecular formula is C17H18NO5S-. The molecule has 0 bridgehead atoms. The summed E-state index contributed by atoms with van der Waals surface area (Å²) in [5.74, 6) is -1.21. The van der Waals surface area contributed by atoms with Gasteiger partial charge in [-0.05, 0) is 38.1 Å². The Hall–Kier alpha value is -2.54. The van der Waals surface area contributed by atoms with Crippen LogP contribution < -0.4 is 14.1 Å². The second-order valence-electron chi connectivity index (χ2n) is 5.10. The normalized spacial score (nSPS) is 11.1. The van der Waals surface area contributed by atoms with Crippen molar-refractivity contribution in [3.05, 3.63) is 54.1 Å². The van der Waals surface area contributed by atoms with Crippen LogP contribution >= 0.6 is 0 Å². The van der Waals surface area contributed by atoms with E-state index in [2.05, 4.69) is 0 Å². The highest BCUT2D eigenvalue weighted by Gasteiger charge is 2.27. The molecule has 0 amide bonds. The molecule has 0 saturated heterocycles. The summed E-state index contributed by atoms with van der Waals surface area (Å²) in [7, 11) is -4.07. The molecule has 7 heteroatoms. The number of sulfonamides is 1. The van der Waals surface area contributed by atoms with Crippen LogP contribution in [-0.4, -0.2) is 27.5 Å². The highest BCUT2D eigenvalue weighted by molar-refractivity contribution is 7.92. The molecule has 2 aromatic rings. The molecule has 0 aliphatic heterocycles. The maximum absolute atomic E-state index is 12.9. The standard InChI is InChI=1S/C17H19NO5S/c1-3-23-16-7-5-4-6-15(16)18(12-17(19)20)24(21,22)14-10-8-13(2)9-11-14/h4-11H,3,12H2,1-2H3,(H,19,20)/p-1. The lowest BCUT2D eigenvalue weighted by Crippen LogP contribution is -2.41. The van der Waals surface area contributed by atoms with Gasteiger partial charge in [0.15, 0.2) is 0 Å². The van der Waals surface area contributed by atoms with Crippen molar-refractivity contribution in [2.24, 2.45) is 0 Å². The summed E-state index contributed by atoms with van der Waals surface area (Å²) in [4.78, 5) is 11.1. The first-order valence-corrected chi connectivity index (χ1v) is 8.81. The Balaban J connectivity index is 2.57. The maximum Gasteiger partial charge on any atom is 0.264 e. The molecule has 6 nitrogen and oxygen atoms in total. The molecule has 0 radical (unpaired) electrons. The summed E-state index contributed by atoms with van der Waals surface area (Å²) >= 11 is 0. The summed E-state index contributed by atoms with van der Waals surface area (Å²) in [6, 6.07) is 12.6. The number of hydrogen-bond donors (Lipinski definition) is 0. The molecule has 0 atom stereocenters. The van der Waals surface area contributed by atoms with Crippen molar-refractivity contribution >= 4 is 21.7 Å². The minimum Gasteiger partial charge on any atom is -0.548 e. The van der Waals surface area contributed by atoms with Gasteiger partial charge in [-0.2, -0.15) is 0 Å². The monoisotopic (exact) mass is 348 g/mol. The highest BCUT2D eigenvalue weighted by atomic mass is 32.2. The van der Waals surface area contributed by atoms with Gasteiger partial charge in [-0.3, -0.25) is 4.31 Å². The summed E-state index contributed by atoms with van der Waals surface area (Å²) < 4.78 is 32.1. The quantitative estimate of drug-likeness (QED) is 0.753. The van der Waals surface area contributed by atoms with Crippen LogP contribution in [0.2, 0.25) is 0 Å². The number of anilines is 1. The average molecular weight is 348 g/mol.